The molecule has 7 heteroatoms. The number of carbonyl (C=O) groups is 2. The fraction of sp³-hybridized carbons (Fsp3) is 0.600. The average Bonchev–Trinajstić information content (AvgIpc) is 2.64. The number of halogens is 1. The molecule has 0 aromatic heterocycles. The monoisotopic (exact) mass is 397 g/mol. The van der Waals surface area contributed by atoms with Crippen LogP contribution in [0.2, 0.25) is 5.02 Å². The molecule has 1 aromatic rings. The smallest absolute Gasteiger partial charge is 0.304 e. The zero-order valence-electron chi connectivity index (χ0n) is 15.9. The number of amides is 1. The van der Waals surface area contributed by atoms with E-state index in [2.05, 4.69) is 0 Å². The molecule has 0 aliphatic carbocycles. The van der Waals surface area contributed by atoms with Crippen LogP contribution in [-0.2, 0) is 19.1 Å². The summed E-state index contributed by atoms with van der Waals surface area (Å²) in [6, 6.07) is 7.28. The number of rotatable bonds is 10. The largest absolute Gasteiger partial charge is 0.481 e. The van der Waals surface area contributed by atoms with Gasteiger partial charge in [-0.05, 0) is 37.0 Å². The molecule has 0 radical (unpaired) electrons. The minimum atomic E-state index is -0.942. The number of aliphatic carboxylic acids is 1. The maximum absolute atomic E-state index is 13.2. The van der Waals surface area contributed by atoms with E-state index in [0.29, 0.717) is 31.3 Å². The van der Waals surface area contributed by atoms with Gasteiger partial charge in [0, 0.05) is 18.1 Å². The summed E-state index contributed by atoms with van der Waals surface area (Å²) in [6.07, 6.45) is 1.88. The van der Waals surface area contributed by atoms with Crippen LogP contribution in [0.15, 0.2) is 24.3 Å². The van der Waals surface area contributed by atoms with Crippen molar-refractivity contribution in [3.63, 3.8) is 0 Å². The Morgan fingerprint density at radius 2 is 2.00 bits per heavy atom. The summed E-state index contributed by atoms with van der Waals surface area (Å²) in [6.45, 7) is 3.36. The van der Waals surface area contributed by atoms with E-state index >= 15 is 0 Å². The van der Waals surface area contributed by atoms with Crippen LogP contribution in [0, 0.1) is 5.92 Å². The third-order valence-electron chi connectivity index (χ3n) is 5.01. The molecule has 1 aromatic carbocycles. The topological polar surface area (TPSA) is 76.1 Å². The molecule has 0 bridgehead atoms. The van der Waals surface area contributed by atoms with Crippen LogP contribution < -0.4 is 0 Å². The van der Waals surface area contributed by atoms with E-state index in [9.17, 15) is 9.59 Å². The van der Waals surface area contributed by atoms with Crippen molar-refractivity contribution in [3.05, 3.63) is 34.9 Å². The second-order valence-electron chi connectivity index (χ2n) is 6.81. The highest BCUT2D eigenvalue weighted by molar-refractivity contribution is 6.30. The third kappa shape index (κ3) is 5.92. The average molecular weight is 398 g/mol. The summed E-state index contributed by atoms with van der Waals surface area (Å²) in [4.78, 5) is 26.2. The number of piperidine rings is 1. The molecule has 27 heavy (non-hydrogen) atoms. The standard InChI is InChI=1S/C20H28ClNO5/c1-3-17(13-27-11-10-26-2)22-18(14-4-7-16(21)8-5-14)9-6-15(20(22)25)12-19(23)24/h4-5,7-8,15,17-18H,3,6,9-13H2,1-2H3,(H,23,24)/t15-,17?,18+/m1/s1. The molecule has 6 nitrogen and oxygen atoms in total. The fourth-order valence-corrected chi connectivity index (χ4v) is 3.72. The first kappa shape index (κ1) is 21.7. The Morgan fingerprint density at radius 3 is 2.59 bits per heavy atom. The Bertz CT molecular complexity index is 621. The molecule has 150 valence electrons. The summed E-state index contributed by atoms with van der Waals surface area (Å²) >= 11 is 6.01. The highest BCUT2D eigenvalue weighted by Gasteiger charge is 2.40. The number of methoxy groups -OCH3 is 1. The molecule has 0 saturated carbocycles. The molecule has 1 N–H and O–H groups in total. The molecule has 2 rings (SSSR count). The normalized spacial score (nSPS) is 21.3. The van der Waals surface area contributed by atoms with Crippen LogP contribution in [0.5, 0.6) is 0 Å². The van der Waals surface area contributed by atoms with Crippen LogP contribution in [0.3, 0.4) is 0 Å². The molecule has 1 fully saturated rings. The van der Waals surface area contributed by atoms with Crippen LogP contribution in [0.25, 0.3) is 0 Å². The van der Waals surface area contributed by atoms with E-state index in [4.69, 9.17) is 26.2 Å². The molecule has 0 spiro atoms. The highest BCUT2D eigenvalue weighted by atomic mass is 35.5. The van der Waals surface area contributed by atoms with Gasteiger partial charge < -0.3 is 19.5 Å². The zero-order chi connectivity index (χ0) is 19.8. The highest BCUT2D eigenvalue weighted by Crippen LogP contribution is 2.38. The summed E-state index contributed by atoms with van der Waals surface area (Å²) in [7, 11) is 1.61. The predicted molar refractivity (Wildman–Crippen MR) is 103 cm³/mol. The number of carboxylic acid groups (broad SMARTS) is 1. The van der Waals surface area contributed by atoms with Crippen molar-refractivity contribution in [2.75, 3.05) is 26.9 Å². The van der Waals surface area contributed by atoms with Gasteiger partial charge in [-0.2, -0.15) is 0 Å². The first-order valence-corrected chi connectivity index (χ1v) is 9.71. The van der Waals surface area contributed by atoms with Gasteiger partial charge in [-0.1, -0.05) is 30.7 Å². The van der Waals surface area contributed by atoms with Crippen LogP contribution >= 0.6 is 11.6 Å². The maximum atomic E-state index is 13.2. The van der Waals surface area contributed by atoms with Crippen molar-refractivity contribution >= 4 is 23.5 Å². The minimum Gasteiger partial charge on any atom is -0.481 e. The van der Waals surface area contributed by atoms with E-state index in [-0.39, 0.29) is 24.4 Å². The Hall–Kier alpha value is -1.63. The van der Waals surface area contributed by atoms with Gasteiger partial charge >= 0.3 is 5.97 Å². The zero-order valence-corrected chi connectivity index (χ0v) is 16.7. The van der Waals surface area contributed by atoms with Crippen LogP contribution in [-0.4, -0.2) is 54.9 Å². The van der Waals surface area contributed by atoms with Crippen molar-refractivity contribution < 1.29 is 24.2 Å². The van der Waals surface area contributed by atoms with Gasteiger partial charge in [0.15, 0.2) is 0 Å². The second-order valence-corrected chi connectivity index (χ2v) is 7.25. The van der Waals surface area contributed by atoms with Crippen molar-refractivity contribution in [1.29, 1.82) is 0 Å². The summed E-state index contributed by atoms with van der Waals surface area (Å²) in [5.74, 6) is -1.53. The molecule has 1 aliphatic heterocycles. The van der Waals surface area contributed by atoms with E-state index in [0.717, 1.165) is 18.4 Å². The lowest BCUT2D eigenvalue weighted by Gasteiger charge is -2.44. The quantitative estimate of drug-likeness (QED) is 0.611. The second kappa shape index (κ2) is 10.6. The lowest BCUT2D eigenvalue weighted by atomic mass is 9.85. The van der Waals surface area contributed by atoms with Gasteiger partial charge in [0.2, 0.25) is 5.91 Å². The summed E-state index contributed by atoms with van der Waals surface area (Å²) in [5, 5.41) is 9.80. The summed E-state index contributed by atoms with van der Waals surface area (Å²) < 4.78 is 10.7. The SMILES string of the molecule is CCC(COCCOC)N1C(=O)[C@@H](CC(=O)O)CC[C@H]1c1ccc(Cl)cc1. The van der Waals surface area contributed by atoms with Crippen molar-refractivity contribution in [2.45, 2.75) is 44.7 Å². The number of hydrogen-bond donors (Lipinski definition) is 1. The predicted octanol–water partition coefficient (Wildman–Crippen LogP) is 3.54. The minimum absolute atomic E-state index is 0.101. The first-order chi connectivity index (χ1) is 13.0. The van der Waals surface area contributed by atoms with Crippen LogP contribution in [0.1, 0.15) is 44.2 Å². The molecular formula is C20H28ClNO5. The van der Waals surface area contributed by atoms with Gasteiger partial charge in [0.05, 0.1) is 38.3 Å². The maximum Gasteiger partial charge on any atom is 0.304 e. The van der Waals surface area contributed by atoms with E-state index in [1.54, 1.807) is 7.11 Å². The fourth-order valence-electron chi connectivity index (χ4n) is 3.59. The number of benzene rings is 1. The van der Waals surface area contributed by atoms with E-state index < -0.39 is 11.9 Å². The number of nitrogens with zero attached hydrogens (tertiary/aromatic N) is 1. The first-order valence-electron chi connectivity index (χ1n) is 9.34. The summed E-state index contributed by atoms with van der Waals surface area (Å²) in [5.41, 5.74) is 1.01. The van der Waals surface area contributed by atoms with Crippen LogP contribution in [0.4, 0.5) is 0 Å². The van der Waals surface area contributed by atoms with Gasteiger partial charge in [-0.25, -0.2) is 0 Å². The van der Waals surface area contributed by atoms with Crippen molar-refractivity contribution in [1.82, 2.24) is 4.90 Å². The van der Waals surface area contributed by atoms with Crippen molar-refractivity contribution in [3.8, 4) is 0 Å². The van der Waals surface area contributed by atoms with E-state index in [1.807, 2.05) is 36.1 Å². The van der Waals surface area contributed by atoms with Gasteiger partial charge in [0.25, 0.3) is 0 Å². The molecule has 1 amide bonds. The molecular weight excluding hydrogens is 370 g/mol. The lowest BCUT2D eigenvalue weighted by molar-refractivity contribution is -0.152. The number of carboxylic acids is 1. The number of carbonyl (C=O) groups excluding carboxylic acids is 1. The Balaban J connectivity index is 2.23. The number of hydrogen-bond acceptors (Lipinski definition) is 4. The van der Waals surface area contributed by atoms with E-state index in [1.165, 1.54) is 0 Å². The molecule has 1 heterocycles. The third-order valence-corrected chi connectivity index (χ3v) is 5.26. The van der Waals surface area contributed by atoms with Gasteiger partial charge in [-0.15, -0.1) is 0 Å². The van der Waals surface area contributed by atoms with Gasteiger partial charge in [0.1, 0.15) is 0 Å². The molecule has 3 atom stereocenters. The van der Waals surface area contributed by atoms with Gasteiger partial charge in [-0.3, -0.25) is 9.59 Å². The number of likely N-dealkylation sites (tertiary alicyclic amines) is 1. The molecule has 1 aliphatic rings. The molecule has 1 unspecified atom stereocenters. The Kier molecular flexibility index (Phi) is 8.54. The Morgan fingerprint density at radius 1 is 1.30 bits per heavy atom. The molecule has 1 saturated heterocycles. The lowest BCUT2D eigenvalue weighted by Crippen LogP contribution is -2.51. The number of ether oxygens (including phenoxy) is 2. The van der Waals surface area contributed by atoms with Crippen molar-refractivity contribution in [2.24, 2.45) is 5.92 Å². The Labute approximate surface area is 165 Å².